The van der Waals surface area contributed by atoms with E-state index in [2.05, 4.69) is 10.3 Å². The lowest BCUT2D eigenvalue weighted by molar-refractivity contribution is -0.119. The third kappa shape index (κ3) is 2.29. The standard InChI is InChI=1S/C13H13N3O2/c1-8(12(14)17)16-13(18)10-6-2-4-9-5-3-7-15-11(9)10/h2-8H,1H3,(H2,14,17)(H,16,18). The maximum Gasteiger partial charge on any atom is 0.254 e. The highest BCUT2D eigenvalue weighted by atomic mass is 16.2. The van der Waals surface area contributed by atoms with Gasteiger partial charge in [0.1, 0.15) is 6.04 Å². The van der Waals surface area contributed by atoms with Gasteiger partial charge in [-0.15, -0.1) is 0 Å². The Labute approximate surface area is 104 Å². The molecular formula is C13H13N3O2. The fraction of sp³-hybridized carbons (Fsp3) is 0.154. The minimum Gasteiger partial charge on any atom is -0.368 e. The van der Waals surface area contributed by atoms with E-state index in [-0.39, 0.29) is 5.91 Å². The fourth-order valence-electron chi connectivity index (χ4n) is 1.63. The van der Waals surface area contributed by atoms with Crippen LogP contribution in [0.4, 0.5) is 0 Å². The molecule has 1 aromatic heterocycles. The van der Waals surface area contributed by atoms with Gasteiger partial charge in [-0.05, 0) is 19.1 Å². The zero-order chi connectivity index (χ0) is 13.1. The van der Waals surface area contributed by atoms with Crippen molar-refractivity contribution in [3.63, 3.8) is 0 Å². The van der Waals surface area contributed by atoms with E-state index in [0.29, 0.717) is 11.1 Å². The Hall–Kier alpha value is -2.43. The molecule has 0 aliphatic heterocycles. The quantitative estimate of drug-likeness (QED) is 0.837. The number of hydrogen-bond donors (Lipinski definition) is 2. The lowest BCUT2D eigenvalue weighted by Gasteiger charge is -2.11. The predicted molar refractivity (Wildman–Crippen MR) is 67.9 cm³/mol. The van der Waals surface area contributed by atoms with Gasteiger partial charge in [0, 0.05) is 11.6 Å². The second kappa shape index (κ2) is 4.83. The molecule has 92 valence electrons. The summed E-state index contributed by atoms with van der Waals surface area (Å²) in [7, 11) is 0. The number of hydrogen-bond acceptors (Lipinski definition) is 3. The summed E-state index contributed by atoms with van der Waals surface area (Å²) in [6.45, 7) is 1.54. The average Bonchev–Trinajstić information content (AvgIpc) is 2.37. The third-order valence-corrected chi connectivity index (χ3v) is 2.65. The van der Waals surface area contributed by atoms with Crippen molar-refractivity contribution < 1.29 is 9.59 Å². The first-order chi connectivity index (χ1) is 8.59. The molecular weight excluding hydrogens is 230 g/mol. The molecule has 0 saturated carbocycles. The Balaban J connectivity index is 2.36. The van der Waals surface area contributed by atoms with E-state index in [1.165, 1.54) is 0 Å². The number of benzene rings is 1. The topological polar surface area (TPSA) is 85.1 Å². The Morgan fingerprint density at radius 3 is 2.72 bits per heavy atom. The number of nitrogens with zero attached hydrogens (tertiary/aromatic N) is 1. The molecule has 1 heterocycles. The van der Waals surface area contributed by atoms with Crippen LogP contribution < -0.4 is 11.1 Å². The summed E-state index contributed by atoms with van der Waals surface area (Å²) in [5.41, 5.74) is 6.14. The first kappa shape index (κ1) is 12.0. The molecule has 0 spiro atoms. The number of carbonyl (C=O) groups excluding carboxylic acids is 2. The van der Waals surface area contributed by atoms with Crippen molar-refractivity contribution in [3.05, 3.63) is 42.1 Å². The maximum absolute atomic E-state index is 12.0. The van der Waals surface area contributed by atoms with Gasteiger partial charge in [-0.2, -0.15) is 0 Å². The van der Waals surface area contributed by atoms with Gasteiger partial charge in [0.15, 0.2) is 0 Å². The number of amides is 2. The number of carbonyl (C=O) groups is 2. The molecule has 2 aromatic rings. The second-order valence-corrected chi connectivity index (χ2v) is 3.98. The monoisotopic (exact) mass is 243 g/mol. The van der Waals surface area contributed by atoms with E-state index >= 15 is 0 Å². The molecule has 5 nitrogen and oxygen atoms in total. The van der Waals surface area contributed by atoms with E-state index in [0.717, 1.165) is 5.39 Å². The van der Waals surface area contributed by atoms with Gasteiger partial charge in [0.05, 0.1) is 11.1 Å². The number of nitrogens with two attached hydrogens (primary N) is 1. The molecule has 5 heteroatoms. The maximum atomic E-state index is 12.0. The van der Waals surface area contributed by atoms with Gasteiger partial charge in [-0.25, -0.2) is 0 Å². The lowest BCUT2D eigenvalue weighted by atomic mass is 10.1. The zero-order valence-electron chi connectivity index (χ0n) is 9.88. The minimum atomic E-state index is -0.712. The van der Waals surface area contributed by atoms with Crippen LogP contribution in [0.2, 0.25) is 0 Å². The Morgan fingerprint density at radius 2 is 2.00 bits per heavy atom. The highest BCUT2D eigenvalue weighted by Gasteiger charge is 2.15. The van der Waals surface area contributed by atoms with Gasteiger partial charge in [-0.1, -0.05) is 18.2 Å². The van der Waals surface area contributed by atoms with E-state index in [9.17, 15) is 9.59 Å². The number of pyridine rings is 1. The van der Waals surface area contributed by atoms with E-state index in [4.69, 9.17) is 5.73 Å². The first-order valence-electron chi connectivity index (χ1n) is 5.53. The van der Waals surface area contributed by atoms with Crippen LogP contribution in [0.15, 0.2) is 36.5 Å². The predicted octanol–water partition coefficient (Wildman–Crippen LogP) is 0.838. The van der Waals surface area contributed by atoms with Crippen molar-refractivity contribution in [2.45, 2.75) is 13.0 Å². The van der Waals surface area contributed by atoms with Crippen LogP contribution in [-0.4, -0.2) is 22.8 Å². The van der Waals surface area contributed by atoms with Crippen LogP contribution in [0.25, 0.3) is 10.9 Å². The van der Waals surface area contributed by atoms with Crippen molar-refractivity contribution in [2.75, 3.05) is 0 Å². The number of fused-ring (bicyclic) bond motifs is 1. The normalized spacial score (nSPS) is 12.1. The van der Waals surface area contributed by atoms with Gasteiger partial charge in [0.25, 0.3) is 5.91 Å². The smallest absolute Gasteiger partial charge is 0.254 e. The number of nitrogens with one attached hydrogen (secondary N) is 1. The van der Waals surface area contributed by atoms with E-state index in [1.807, 2.05) is 12.1 Å². The first-order valence-corrected chi connectivity index (χ1v) is 5.53. The molecule has 1 aromatic carbocycles. The van der Waals surface area contributed by atoms with Gasteiger partial charge in [-0.3, -0.25) is 14.6 Å². The molecule has 0 aliphatic carbocycles. The highest BCUT2D eigenvalue weighted by Crippen LogP contribution is 2.15. The van der Waals surface area contributed by atoms with Crippen LogP contribution in [0.1, 0.15) is 17.3 Å². The molecule has 2 rings (SSSR count). The lowest BCUT2D eigenvalue weighted by Crippen LogP contribution is -2.42. The molecule has 18 heavy (non-hydrogen) atoms. The van der Waals surface area contributed by atoms with Crippen molar-refractivity contribution in [3.8, 4) is 0 Å². The second-order valence-electron chi connectivity index (χ2n) is 3.98. The van der Waals surface area contributed by atoms with Gasteiger partial charge in [0.2, 0.25) is 5.91 Å². The number of aromatic nitrogens is 1. The Kier molecular flexibility index (Phi) is 3.23. The summed E-state index contributed by atoms with van der Waals surface area (Å²) in [6.07, 6.45) is 1.62. The molecule has 0 saturated heterocycles. The third-order valence-electron chi connectivity index (χ3n) is 2.65. The molecule has 3 N–H and O–H groups in total. The molecule has 2 amide bonds. The summed E-state index contributed by atoms with van der Waals surface area (Å²) in [6, 6.07) is 8.27. The van der Waals surface area contributed by atoms with Crippen molar-refractivity contribution in [1.29, 1.82) is 0 Å². The molecule has 1 unspecified atom stereocenters. The summed E-state index contributed by atoms with van der Waals surface area (Å²) >= 11 is 0. The minimum absolute atomic E-state index is 0.356. The molecule has 0 radical (unpaired) electrons. The molecule has 0 fully saturated rings. The summed E-state index contributed by atoms with van der Waals surface area (Å²) in [5.74, 6) is -0.929. The summed E-state index contributed by atoms with van der Waals surface area (Å²) < 4.78 is 0. The summed E-state index contributed by atoms with van der Waals surface area (Å²) in [5, 5.41) is 3.41. The van der Waals surface area contributed by atoms with Gasteiger partial charge < -0.3 is 11.1 Å². The number of para-hydroxylation sites is 1. The van der Waals surface area contributed by atoms with Crippen molar-refractivity contribution in [2.24, 2.45) is 5.73 Å². The molecule has 1 atom stereocenters. The van der Waals surface area contributed by atoms with E-state index < -0.39 is 11.9 Å². The van der Waals surface area contributed by atoms with Crippen LogP contribution in [0.3, 0.4) is 0 Å². The molecule has 0 aliphatic rings. The van der Waals surface area contributed by atoms with Crippen molar-refractivity contribution in [1.82, 2.24) is 10.3 Å². The fourth-order valence-corrected chi connectivity index (χ4v) is 1.63. The largest absolute Gasteiger partial charge is 0.368 e. The Bertz CT molecular complexity index is 605. The Morgan fingerprint density at radius 1 is 1.28 bits per heavy atom. The average molecular weight is 243 g/mol. The van der Waals surface area contributed by atoms with Crippen LogP contribution in [0.5, 0.6) is 0 Å². The van der Waals surface area contributed by atoms with Crippen LogP contribution >= 0.6 is 0 Å². The van der Waals surface area contributed by atoms with Crippen LogP contribution in [-0.2, 0) is 4.79 Å². The number of rotatable bonds is 3. The van der Waals surface area contributed by atoms with E-state index in [1.54, 1.807) is 31.3 Å². The number of primary amides is 1. The summed E-state index contributed by atoms with van der Waals surface area (Å²) in [4.78, 5) is 27.1. The molecule has 0 bridgehead atoms. The van der Waals surface area contributed by atoms with Gasteiger partial charge >= 0.3 is 0 Å². The highest BCUT2D eigenvalue weighted by molar-refractivity contribution is 6.06. The zero-order valence-corrected chi connectivity index (χ0v) is 9.88. The van der Waals surface area contributed by atoms with Crippen molar-refractivity contribution >= 4 is 22.7 Å². The van der Waals surface area contributed by atoms with Crippen LogP contribution in [0, 0.1) is 0 Å². The SMILES string of the molecule is CC(NC(=O)c1cccc2cccnc12)C(N)=O.